The van der Waals surface area contributed by atoms with Gasteiger partial charge in [0.25, 0.3) is 5.91 Å². The molecular weight excluding hydrogens is 585 g/mol. The number of nitrogens with zero attached hydrogens (tertiary/aromatic N) is 4. The van der Waals surface area contributed by atoms with E-state index in [0.29, 0.717) is 52.8 Å². The molecule has 0 aliphatic carbocycles. The van der Waals surface area contributed by atoms with Crippen LogP contribution in [0.4, 0.5) is 11.6 Å². The van der Waals surface area contributed by atoms with E-state index < -0.39 is 7.60 Å². The van der Waals surface area contributed by atoms with Crippen LogP contribution in [0, 0.1) is 6.92 Å². The van der Waals surface area contributed by atoms with Crippen LogP contribution in [0.15, 0.2) is 54.9 Å². The molecule has 1 fully saturated rings. The summed E-state index contributed by atoms with van der Waals surface area (Å²) in [6, 6.07) is 12.1. The van der Waals surface area contributed by atoms with Gasteiger partial charge in [0.1, 0.15) is 28.9 Å². The standard InChI is InChI=1S/C30H36N7O6P/c1-4-41-44(40,42-5-2)19-26(38)37-16-6-7-22(18-37)33-29-27-24(13-15-32-28(27)35-36-29)43-23-10-8-21(9-11-23)30(39)34-25-17-20(3)12-14-31-25/h8-15,17,22H,4-7,16,18-19H2,1-3H3,(H,31,34,39)(H2,32,33,35,36)/t22-/m1/s1. The average molecular weight is 622 g/mol. The second kappa shape index (κ2) is 14.0. The molecule has 5 rings (SSSR count). The first kappa shape index (κ1) is 31.1. The lowest BCUT2D eigenvalue weighted by Gasteiger charge is -2.34. The normalized spacial score (nSPS) is 15.2. The van der Waals surface area contributed by atoms with Crippen LogP contribution in [0.3, 0.4) is 0 Å². The van der Waals surface area contributed by atoms with Crippen molar-refractivity contribution >= 4 is 42.1 Å². The second-order valence-corrected chi connectivity index (χ2v) is 12.4. The van der Waals surface area contributed by atoms with Gasteiger partial charge in [-0.05, 0) is 75.6 Å². The smallest absolute Gasteiger partial charge is 0.340 e. The number of carbonyl (C=O) groups excluding carboxylic acids is 2. The number of likely N-dealkylation sites (tertiary alicyclic amines) is 1. The molecule has 44 heavy (non-hydrogen) atoms. The van der Waals surface area contributed by atoms with Crippen molar-refractivity contribution < 1.29 is 27.9 Å². The van der Waals surface area contributed by atoms with Crippen molar-refractivity contribution in [2.24, 2.45) is 0 Å². The van der Waals surface area contributed by atoms with Gasteiger partial charge in [0.15, 0.2) is 11.5 Å². The van der Waals surface area contributed by atoms with Crippen LogP contribution < -0.4 is 15.4 Å². The van der Waals surface area contributed by atoms with Gasteiger partial charge < -0.3 is 29.3 Å². The maximum atomic E-state index is 13.0. The molecule has 1 saturated heterocycles. The molecule has 0 bridgehead atoms. The summed E-state index contributed by atoms with van der Waals surface area (Å²) in [6.07, 6.45) is 4.54. The number of aromatic amines is 1. The van der Waals surface area contributed by atoms with Gasteiger partial charge in [0.2, 0.25) is 5.91 Å². The molecule has 232 valence electrons. The molecule has 1 aliphatic rings. The van der Waals surface area contributed by atoms with Gasteiger partial charge in [0, 0.05) is 43.2 Å². The number of carbonyl (C=O) groups is 2. The van der Waals surface area contributed by atoms with E-state index in [1.165, 1.54) is 0 Å². The zero-order valence-corrected chi connectivity index (χ0v) is 25.8. The molecule has 1 aliphatic heterocycles. The predicted octanol–water partition coefficient (Wildman–Crippen LogP) is 5.37. The first-order valence-electron chi connectivity index (χ1n) is 14.5. The van der Waals surface area contributed by atoms with Crippen LogP contribution in [0.5, 0.6) is 11.5 Å². The minimum absolute atomic E-state index is 0.105. The maximum absolute atomic E-state index is 13.0. The topological polar surface area (TPSA) is 161 Å². The third-order valence-electron chi connectivity index (χ3n) is 7.02. The molecule has 0 spiro atoms. The summed E-state index contributed by atoms with van der Waals surface area (Å²) in [6.45, 7) is 6.73. The van der Waals surface area contributed by atoms with Crippen molar-refractivity contribution in [1.82, 2.24) is 25.1 Å². The Bertz CT molecular complexity index is 1650. The highest BCUT2D eigenvalue weighted by Gasteiger charge is 2.33. The van der Waals surface area contributed by atoms with E-state index in [-0.39, 0.29) is 37.2 Å². The maximum Gasteiger partial charge on any atom is 0.340 e. The third-order valence-corrected chi connectivity index (χ3v) is 8.98. The van der Waals surface area contributed by atoms with Crippen LogP contribution in [0.2, 0.25) is 0 Å². The predicted molar refractivity (Wildman–Crippen MR) is 166 cm³/mol. The van der Waals surface area contributed by atoms with Crippen molar-refractivity contribution in [2.75, 3.05) is 43.1 Å². The van der Waals surface area contributed by atoms with E-state index >= 15 is 0 Å². The highest BCUT2D eigenvalue weighted by molar-refractivity contribution is 7.54. The van der Waals surface area contributed by atoms with Gasteiger partial charge in [-0.15, -0.1) is 0 Å². The summed E-state index contributed by atoms with van der Waals surface area (Å²) >= 11 is 0. The Labute approximate surface area is 255 Å². The Kier molecular flexibility index (Phi) is 9.89. The molecule has 0 radical (unpaired) electrons. The third kappa shape index (κ3) is 7.60. The van der Waals surface area contributed by atoms with Crippen LogP contribution in [0.25, 0.3) is 11.0 Å². The monoisotopic (exact) mass is 621 g/mol. The molecule has 4 heterocycles. The highest BCUT2D eigenvalue weighted by Crippen LogP contribution is 2.48. The van der Waals surface area contributed by atoms with Crippen LogP contribution in [-0.4, -0.2) is 75.4 Å². The largest absolute Gasteiger partial charge is 0.456 e. The number of anilines is 2. The molecule has 4 aromatic rings. The fourth-order valence-electron chi connectivity index (χ4n) is 5.01. The summed E-state index contributed by atoms with van der Waals surface area (Å²) in [5, 5.41) is 14.2. The molecular formula is C30H36N7O6P. The number of benzene rings is 1. The molecule has 13 nitrogen and oxygen atoms in total. The Morgan fingerprint density at radius 2 is 1.82 bits per heavy atom. The molecule has 0 saturated carbocycles. The van der Waals surface area contributed by atoms with Gasteiger partial charge in [-0.25, -0.2) is 9.97 Å². The first-order chi connectivity index (χ1) is 21.3. The average Bonchev–Trinajstić information content (AvgIpc) is 3.41. The molecule has 3 N–H and O–H groups in total. The van der Waals surface area contributed by atoms with Gasteiger partial charge in [-0.2, -0.15) is 5.10 Å². The SMILES string of the molecule is CCOP(=O)(CC(=O)N1CCC[C@@H](Nc2n[nH]c3nccc(Oc4ccc(C(=O)Nc5cc(C)ccn5)cc4)c23)C1)OCC. The quantitative estimate of drug-likeness (QED) is 0.175. The Balaban J connectivity index is 1.26. The number of ether oxygens (including phenoxy) is 1. The molecule has 14 heteroatoms. The summed E-state index contributed by atoms with van der Waals surface area (Å²) in [7, 11) is -3.50. The molecule has 1 aromatic carbocycles. The second-order valence-electron chi connectivity index (χ2n) is 10.3. The number of fused-ring (bicyclic) bond motifs is 1. The van der Waals surface area contributed by atoms with Crippen LogP contribution in [0.1, 0.15) is 42.6 Å². The number of amides is 2. The number of H-pyrrole nitrogens is 1. The van der Waals surface area contributed by atoms with E-state index in [1.807, 2.05) is 13.0 Å². The van der Waals surface area contributed by atoms with Crippen molar-refractivity contribution in [3.8, 4) is 11.5 Å². The number of aromatic nitrogens is 4. The Morgan fingerprint density at radius 3 is 2.55 bits per heavy atom. The van der Waals surface area contributed by atoms with E-state index in [0.717, 1.165) is 18.4 Å². The fraction of sp³-hybridized carbons (Fsp3) is 0.367. The zero-order valence-electron chi connectivity index (χ0n) is 24.9. The van der Waals surface area contributed by atoms with E-state index in [4.69, 9.17) is 13.8 Å². The summed E-state index contributed by atoms with van der Waals surface area (Å²) < 4.78 is 29.7. The first-order valence-corrected chi connectivity index (χ1v) is 16.3. The number of hydrogen-bond donors (Lipinski definition) is 3. The minimum atomic E-state index is -3.50. The number of rotatable bonds is 12. The number of piperidine rings is 1. The summed E-state index contributed by atoms with van der Waals surface area (Å²) in [4.78, 5) is 36.0. The van der Waals surface area contributed by atoms with Gasteiger partial charge in [0.05, 0.1) is 13.2 Å². The van der Waals surface area contributed by atoms with Crippen molar-refractivity contribution in [1.29, 1.82) is 0 Å². The van der Waals surface area contributed by atoms with Crippen molar-refractivity contribution in [3.05, 3.63) is 66.0 Å². The number of hydrogen-bond acceptors (Lipinski definition) is 10. The van der Waals surface area contributed by atoms with E-state index in [2.05, 4.69) is 30.8 Å². The van der Waals surface area contributed by atoms with Gasteiger partial charge in [-0.3, -0.25) is 19.3 Å². The lowest BCUT2D eigenvalue weighted by atomic mass is 10.1. The highest BCUT2D eigenvalue weighted by atomic mass is 31.2. The van der Waals surface area contributed by atoms with Gasteiger partial charge in [-0.1, -0.05) is 0 Å². The Hall–Kier alpha value is -4.32. The van der Waals surface area contributed by atoms with Crippen molar-refractivity contribution in [3.63, 3.8) is 0 Å². The lowest BCUT2D eigenvalue weighted by molar-refractivity contribution is -0.129. The van der Waals surface area contributed by atoms with E-state index in [1.54, 1.807) is 67.5 Å². The molecule has 0 unspecified atom stereocenters. The van der Waals surface area contributed by atoms with Crippen molar-refractivity contribution in [2.45, 2.75) is 39.7 Å². The Morgan fingerprint density at radius 1 is 1.07 bits per heavy atom. The van der Waals surface area contributed by atoms with E-state index in [9.17, 15) is 14.2 Å². The number of pyridine rings is 2. The fourth-order valence-corrected chi connectivity index (χ4v) is 6.58. The minimum Gasteiger partial charge on any atom is -0.456 e. The van der Waals surface area contributed by atoms with Gasteiger partial charge >= 0.3 is 7.60 Å². The molecule has 2 amide bonds. The summed E-state index contributed by atoms with van der Waals surface area (Å²) in [5.74, 6) is 1.52. The lowest BCUT2D eigenvalue weighted by Crippen LogP contribution is -2.46. The zero-order chi connectivity index (χ0) is 31.1. The van der Waals surface area contributed by atoms with Crippen LogP contribution in [-0.2, 0) is 18.4 Å². The molecule has 3 aromatic heterocycles. The number of aryl methyl sites for hydroxylation is 1. The summed E-state index contributed by atoms with van der Waals surface area (Å²) in [5.41, 5.74) is 1.99. The number of nitrogens with one attached hydrogen (secondary N) is 3. The van der Waals surface area contributed by atoms with Crippen LogP contribution >= 0.6 is 7.60 Å². The molecule has 1 atom stereocenters.